The van der Waals surface area contributed by atoms with Crippen LogP contribution in [0.15, 0.2) is 24.3 Å². The van der Waals surface area contributed by atoms with Gasteiger partial charge in [0.15, 0.2) is 0 Å². The van der Waals surface area contributed by atoms with Gasteiger partial charge in [0, 0.05) is 38.4 Å². The molecule has 2 rings (SSSR count). The Morgan fingerprint density at radius 2 is 2.19 bits per heavy atom. The van der Waals surface area contributed by atoms with E-state index < -0.39 is 0 Å². The molecule has 1 atom stereocenters. The molecule has 5 nitrogen and oxygen atoms in total. The molecule has 1 saturated heterocycles. The average Bonchev–Trinajstić information content (AvgIpc) is 2.47. The molecule has 1 N–H and O–H groups in total. The van der Waals surface area contributed by atoms with Gasteiger partial charge < -0.3 is 15.0 Å². The molecule has 0 radical (unpaired) electrons. The lowest BCUT2D eigenvalue weighted by Crippen LogP contribution is -2.37. The van der Waals surface area contributed by atoms with Crippen LogP contribution in [0.25, 0.3) is 0 Å². The largest absolute Gasteiger partial charge is 0.376 e. The Balaban J connectivity index is 1.99. The zero-order valence-corrected chi connectivity index (χ0v) is 12.6. The number of likely N-dealkylation sites (N-methyl/N-ethyl adjacent to an activating group) is 1. The maximum absolute atomic E-state index is 12.4. The predicted octanol–water partition coefficient (Wildman–Crippen LogP) is 2.29. The first-order valence-electron chi connectivity index (χ1n) is 7.31. The molecule has 0 unspecified atom stereocenters. The highest BCUT2D eigenvalue weighted by Gasteiger charge is 2.19. The molecular weight excluding hydrogens is 268 g/mol. The average molecular weight is 290 g/mol. The van der Waals surface area contributed by atoms with Crippen LogP contribution in [-0.2, 0) is 9.53 Å². The standard InChI is InChI=1S/C16H22N2O3/c1-12(19)17-14-7-5-6-13(10-14)16(20)18(2)11-15-8-3-4-9-21-15/h5-7,10,15H,3-4,8-9,11H2,1-2H3,(H,17,19)/t15-/m1/s1. The zero-order valence-electron chi connectivity index (χ0n) is 12.6. The summed E-state index contributed by atoms with van der Waals surface area (Å²) in [5.74, 6) is -0.208. The zero-order chi connectivity index (χ0) is 15.2. The van der Waals surface area contributed by atoms with Crippen LogP contribution >= 0.6 is 0 Å². The predicted molar refractivity (Wildman–Crippen MR) is 81.3 cm³/mol. The first kappa shape index (κ1) is 15.5. The summed E-state index contributed by atoms with van der Waals surface area (Å²) in [6, 6.07) is 6.99. The number of carbonyl (C=O) groups excluding carboxylic acids is 2. The van der Waals surface area contributed by atoms with Gasteiger partial charge in [0.25, 0.3) is 5.91 Å². The molecule has 2 amide bonds. The van der Waals surface area contributed by atoms with Crippen molar-refractivity contribution in [1.82, 2.24) is 4.90 Å². The second-order valence-corrected chi connectivity index (χ2v) is 5.44. The van der Waals surface area contributed by atoms with Gasteiger partial charge in [0.05, 0.1) is 6.10 Å². The van der Waals surface area contributed by atoms with Gasteiger partial charge in [0.1, 0.15) is 0 Å². The Morgan fingerprint density at radius 1 is 1.38 bits per heavy atom. The van der Waals surface area contributed by atoms with Crippen molar-refractivity contribution in [2.45, 2.75) is 32.3 Å². The highest BCUT2D eigenvalue weighted by atomic mass is 16.5. The Hall–Kier alpha value is -1.88. The Kier molecular flexibility index (Phi) is 5.33. The second kappa shape index (κ2) is 7.22. The molecule has 1 heterocycles. The van der Waals surface area contributed by atoms with Gasteiger partial charge in [-0.2, -0.15) is 0 Å². The van der Waals surface area contributed by atoms with Crippen LogP contribution in [0.3, 0.4) is 0 Å². The smallest absolute Gasteiger partial charge is 0.253 e. The Labute approximate surface area is 125 Å². The van der Waals surface area contributed by atoms with Crippen molar-refractivity contribution in [3.63, 3.8) is 0 Å². The van der Waals surface area contributed by atoms with E-state index in [0.717, 1.165) is 25.9 Å². The number of anilines is 1. The molecule has 1 aliphatic rings. The first-order valence-corrected chi connectivity index (χ1v) is 7.31. The van der Waals surface area contributed by atoms with E-state index in [0.29, 0.717) is 17.8 Å². The van der Waals surface area contributed by atoms with Crippen LogP contribution in [0.2, 0.25) is 0 Å². The number of hydrogen-bond donors (Lipinski definition) is 1. The van der Waals surface area contributed by atoms with E-state index in [4.69, 9.17) is 4.74 Å². The third-order valence-electron chi connectivity index (χ3n) is 3.53. The highest BCUT2D eigenvalue weighted by Crippen LogP contribution is 2.16. The Morgan fingerprint density at radius 3 is 2.86 bits per heavy atom. The first-order chi connectivity index (χ1) is 10.1. The van der Waals surface area contributed by atoms with Crippen LogP contribution < -0.4 is 5.32 Å². The van der Waals surface area contributed by atoms with Crippen molar-refractivity contribution in [2.75, 3.05) is 25.5 Å². The number of benzene rings is 1. The van der Waals surface area contributed by atoms with Gasteiger partial charge in [-0.25, -0.2) is 0 Å². The number of carbonyl (C=O) groups is 2. The molecule has 1 aromatic rings. The topological polar surface area (TPSA) is 58.6 Å². The van der Waals surface area contributed by atoms with Gasteiger partial charge in [-0.1, -0.05) is 6.07 Å². The minimum absolute atomic E-state index is 0.0589. The van der Waals surface area contributed by atoms with Crippen LogP contribution in [0, 0.1) is 0 Å². The summed E-state index contributed by atoms with van der Waals surface area (Å²) in [5.41, 5.74) is 1.20. The van der Waals surface area contributed by atoms with Gasteiger partial charge in [-0.05, 0) is 37.5 Å². The fraction of sp³-hybridized carbons (Fsp3) is 0.500. The molecule has 5 heteroatoms. The maximum Gasteiger partial charge on any atom is 0.253 e. The van der Waals surface area contributed by atoms with Gasteiger partial charge >= 0.3 is 0 Å². The fourth-order valence-electron chi connectivity index (χ4n) is 2.49. The van der Waals surface area contributed by atoms with E-state index >= 15 is 0 Å². The third kappa shape index (κ3) is 4.56. The van der Waals surface area contributed by atoms with E-state index in [1.54, 1.807) is 36.2 Å². The minimum atomic E-state index is -0.149. The molecule has 0 bridgehead atoms. The number of nitrogens with one attached hydrogen (secondary N) is 1. The summed E-state index contributed by atoms with van der Waals surface area (Å²) < 4.78 is 5.66. The van der Waals surface area contributed by atoms with Crippen LogP contribution in [0.5, 0.6) is 0 Å². The van der Waals surface area contributed by atoms with Gasteiger partial charge in [-0.15, -0.1) is 0 Å². The molecule has 0 aliphatic carbocycles. The van der Waals surface area contributed by atoms with Gasteiger partial charge in [0.2, 0.25) is 5.91 Å². The quantitative estimate of drug-likeness (QED) is 0.925. The highest BCUT2D eigenvalue weighted by molar-refractivity contribution is 5.96. The summed E-state index contributed by atoms with van der Waals surface area (Å²) in [5, 5.41) is 2.69. The van der Waals surface area contributed by atoms with Crippen LogP contribution in [0.4, 0.5) is 5.69 Å². The molecular formula is C16H22N2O3. The van der Waals surface area contributed by atoms with E-state index in [1.165, 1.54) is 6.92 Å². The molecule has 1 fully saturated rings. The summed E-state index contributed by atoms with van der Waals surface area (Å²) in [6.07, 6.45) is 3.40. The molecule has 0 saturated carbocycles. The van der Waals surface area contributed by atoms with Crippen molar-refractivity contribution in [1.29, 1.82) is 0 Å². The van der Waals surface area contributed by atoms with Crippen molar-refractivity contribution in [3.05, 3.63) is 29.8 Å². The van der Waals surface area contributed by atoms with E-state index in [9.17, 15) is 9.59 Å². The minimum Gasteiger partial charge on any atom is -0.376 e. The molecule has 1 aliphatic heterocycles. The normalized spacial score (nSPS) is 18.1. The van der Waals surface area contributed by atoms with Crippen molar-refractivity contribution in [3.8, 4) is 0 Å². The van der Waals surface area contributed by atoms with Crippen molar-refractivity contribution >= 4 is 17.5 Å². The van der Waals surface area contributed by atoms with E-state index in [1.807, 2.05) is 0 Å². The van der Waals surface area contributed by atoms with Gasteiger partial charge in [-0.3, -0.25) is 9.59 Å². The van der Waals surface area contributed by atoms with Crippen molar-refractivity contribution < 1.29 is 14.3 Å². The Bertz CT molecular complexity index is 510. The summed E-state index contributed by atoms with van der Waals surface area (Å²) in [6.45, 7) is 2.83. The van der Waals surface area contributed by atoms with Crippen LogP contribution in [0.1, 0.15) is 36.5 Å². The lowest BCUT2D eigenvalue weighted by Gasteiger charge is -2.27. The van der Waals surface area contributed by atoms with Crippen LogP contribution in [-0.4, -0.2) is 43.0 Å². The molecule has 1 aromatic carbocycles. The number of hydrogen-bond acceptors (Lipinski definition) is 3. The van der Waals surface area contributed by atoms with E-state index in [2.05, 4.69) is 5.32 Å². The molecule has 0 aromatic heterocycles. The molecule has 21 heavy (non-hydrogen) atoms. The fourth-order valence-corrected chi connectivity index (χ4v) is 2.49. The SMILES string of the molecule is CC(=O)Nc1cccc(C(=O)N(C)C[C@H]2CCCCO2)c1. The number of ether oxygens (including phenoxy) is 1. The maximum atomic E-state index is 12.4. The second-order valence-electron chi connectivity index (χ2n) is 5.44. The summed E-state index contributed by atoms with van der Waals surface area (Å²) in [4.78, 5) is 25.2. The lowest BCUT2D eigenvalue weighted by molar-refractivity contribution is -0.114. The summed E-state index contributed by atoms with van der Waals surface area (Å²) >= 11 is 0. The molecule has 0 spiro atoms. The third-order valence-corrected chi connectivity index (χ3v) is 3.53. The monoisotopic (exact) mass is 290 g/mol. The number of amides is 2. The van der Waals surface area contributed by atoms with Crippen molar-refractivity contribution in [2.24, 2.45) is 0 Å². The number of rotatable bonds is 4. The van der Waals surface area contributed by atoms with E-state index in [-0.39, 0.29) is 17.9 Å². The number of nitrogens with zero attached hydrogens (tertiary/aromatic N) is 1. The summed E-state index contributed by atoms with van der Waals surface area (Å²) in [7, 11) is 1.78. The molecule has 114 valence electrons. The lowest BCUT2D eigenvalue weighted by atomic mass is 10.1.